The SMILES string of the molecule is Cc1ccc(CO)cc1NC(=O)CCC(=O)c1ccc(F)cc1. The van der Waals surface area contributed by atoms with Crippen LogP contribution in [-0.2, 0) is 11.4 Å². The lowest BCUT2D eigenvalue weighted by atomic mass is 10.1. The minimum atomic E-state index is -0.404. The predicted molar refractivity (Wildman–Crippen MR) is 85.7 cm³/mol. The van der Waals surface area contributed by atoms with Gasteiger partial charge in [0, 0.05) is 24.1 Å². The molecule has 0 aliphatic carbocycles. The van der Waals surface area contributed by atoms with Gasteiger partial charge in [-0.2, -0.15) is 0 Å². The predicted octanol–water partition coefficient (Wildman–Crippen LogP) is 3.23. The lowest BCUT2D eigenvalue weighted by molar-refractivity contribution is -0.116. The van der Waals surface area contributed by atoms with Crippen molar-refractivity contribution in [3.05, 3.63) is 65.0 Å². The highest BCUT2D eigenvalue weighted by molar-refractivity contribution is 6.00. The molecular weight excluding hydrogens is 297 g/mol. The molecule has 1 amide bonds. The zero-order valence-electron chi connectivity index (χ0n) is 12.8. The molecule has 0 unspecified atom stereocenters. The highest BCUT2D eigenvalue weighted by atomic mass is 19.1. The van der Waals surface area contributed by atoms with Crippen LogP contribution in [0.15, 0.2) is 42.5 Å². The molecule has 23 heavy (non-hydrogen) atoms. The smallest absolute Gasteiger partial charge is 0.224 e. The Kier molecular flexibility index (Phi) is 5.60. The number of amides is 1. The maximum absolute atomic E-state index is 12.8. The molecule has 0 spiro atoms. The van der Waals surface area contributed by atoms with Crippen molar-refractivity contribution in [1.82, 2.24) is 0 Å². The van der Waals surface area contributed by atoms with Crippen LogP contribution in [-0.4, -0.2) is 16.8 Å². The lowest BCUT2D eigenvalue weighted by Crippen LogP contribution is -2.14. The van der Waals surface area contributed by atoms with E-state index in [0.717, 1.165) is 5.56 Å². The van der Waals surface area contributed by atoms with E-state index in [4.69, 9.17) is 5.11 Å². The topological polar surface area (TPSA) is 66.4 Å². The molecule has 0 saturated carbocycles. The zero-order chi connectivity index (χ0) is 16.8. The largest absolute Gasteiger partial charge is 0.392 e. The molecule has 0 atom stereocenters. The fraction of sp³-hybridized carbons (Fsp3) is 0.222. The minimum Gasteiger partial charge on any atom is -0.392 e. The maximum Gasteiger partial charge on any atom is 0.224 e. The van der Waals surface area contributed by atoms with Crippen molar-refractivity contribution >= 4 is 17.4 Å². The number of rotatable bonds is 6. The fourth-order valence-corrected chi connectivity index (χ4v) is 2.12. The molecule has 0 saturated heterocycles. The van der Waals surface area contributed by atoms with Gasteiger partial charge in [0.25, 0.3) is 0 Å². The number of aryl methyl sites for hydroxylation is 1. The average molecular weight is 315 g/mol. The van der Waals surface area contributed by atoms with Crippen molar-refractivity contribution in [3.63, 3.8) is 0 Å². The second-order valence-corrected chi connectivity index (χ2v) is 5.29. The van der Waals surface area contributed by atoms with Gasteiger partial charge >= 0.3 is 0 Å². The Morgan fingerprint density at radius 2 is 1.78 bits per heavy atom. The number of ketones is 1. The molecule has 4 nitrogen and oxygen atoms in total. The van der Waals surface area contributed by atoms with Gasteiger partial charge in [-0.25, -0.2) is 4.39 Å². The van der Waals surface area contributed by atoms with E-state index < -0.39 is 5.82 Å². The number of hydrogen-bond donors (Lipinski definition) is 2. The quantitative estimate of drug-likeness (QED) is 0.804. The Morgan fingerprint density at radius 1 is 1.09 bits per heavy atom. The summed E-state index contributed by atoms with van der Waals surface area (Å²) in [5.74, 6) is -0.891. The molecule has 2 rings (SSSR count). The summed E-state index contributed by atoms with van der Waals surface area (Å²) in [6, 6.07) is 10.5. The number of aliphatic hydroxyl groups is 1. The van der Waals surface area contributed by atoms with Crippen molar-refractivity contribution in [2.75, 3.05) is 5.32 Å². The monoisotopic (exact) mass is 315 g/mol. The van der Waals surface area contributed by atoms with Crippen LogP contribution in [0.5, 0.6) is 0 Å². The summed E-state index contributed by atoms with van der Waals surface area (Å²) < 4.78 is 12.8. The molecule has 0 aliphatic rings. The van der Waals surface area contributed by atoms with Gasteiger partial charge in [-0.1, -0.05) is 12.1 Å². The summed E-state index contributed by atoms with van der Waals surface area (Å²) in [7, 11) is 0. The molecule has 5 heteroatoms. The van der Waals surface area contributed by atoms with Gasteiger partial charge in [0.05, 0.1) is 6.61 Å². The second kappa shape index (κ2) is 7.65. The van der Waals surface area contributed by atoms with Crippen LogP contribution < -0.4 is 5.32 Å². The Bertz CT molecular complexity index is 711. The highest BCUT2D eigenvalue weighted by Gasteiger charge is 2.11. The Hall–Kier alpha value is -2.53. The van der Waals surface area contributed by atoms with Gasteiger partial charge in [-0.15, -0.1) is 0 Å². The van der Waals surface area contributed by atoms with Gasteiger partial charge in [0.2, 0.25) is 5.91 Å². The number of halogens is 1. The van der Waals surface area contributed by atoms with Crippen LogP contribution in [0.1, 0.15) is 34.3 Å². The van der Waals surface area contributed by atoms with Crippen LogP contribution in [0, 0.1) is 12.7 Å². The molecule has 0 aromatic heterocycles. The van der Waals surface area contributed by atoms with Crippen molar-refractivity contribution in [1.29, 1.82) is 0 Å². The number of nitrogens with one attached hydrogen (secondary N) is 1. The van der Waals surface area contributed by atoms with Gasteiger partial charge < -0.3 is 10.4 Å². The summed E-state index contributed by atoms with van der Waals surface area (Å²) in [4.78, 5) is 23.9. The summed E-state index contributed by atoms with van der Waals surface area (Å²) in [5, 5.41) is 11.9. The third-order valence-corrected chi connectivity index (χ3v) is 3.50. The number of hydrogen-bond acceptors (Lipinski definition) is 3. The summed E-state index contributed by atoms with van der Waals surface area (Å²) in [6.07, 6.45) is 0.0925. The Balaban J connectivity index is 1.92. The zero-order valence-corrected chi connectivity index (χ0v) is 12.8. The van der Waals surface area contributed by atoms with Crippen LogP contribution in [0.4, 0.5) is 10.1 Å². The molecule has 0 fully saturated rings. The standard InChI is InChI=1S/C18H18FNO3/c1-12-2-3-13(11-21)10-16(12)20-18(23)9-8-17(22)14-4-6-15(19)7-5-14/h2-7,10,21H,8-9,11H2,1H3,(H,20,23). The molecule has 0 heterocycles. The highest BCUT2D eigenvalue weighted by Crippen LogP contribution is 2.17. The molecule has 0 bridgehead atoms. The van der Waals surface area contributed by atoms with E-state index >= 15 is 0 Å². The van der Waals surface area contributed by atoms with Gasteiger partial charge in [-0.05, 0) is 48.4 Å². The lowest BCUT2D eigenvalue weighted by Gasteiger charge is -2.10. The van der Waals surface area contributed by atoms with E-state index in [1.807, 2.05) is 13.0 Å². The van der Waals surface area contributed by atoms with Gasteiger partial charge in [-0.3, -0.25) is 9.59 Å². The third-order valence-electron chi connectivity index (χ3n) is 3.50. The van der Waals surface area contributed by atoms with E-state index in [0.29, 0.717) is 16.8 Å². The average Bonchev–Trinajstić information content (AvgIpc) is 2.55. The van der Waals surface area contributed by atoms with Crippen LogP contribution >= 0.6 is 0 Å². The fourth-order valence-electron chi connectivity index (χ4n) is 2.12. The van der Waals surface area contributed by atoms with Crippen molar-refractivity contribution in [2.24, 2.45) is 0 Å². The first kappa shape index (κ1) is 16.8. The molecular formula is C18H18FNO3. The Morgan fingerprint density at radius 3 is 2.43 bits per heavy atom. The first-order valence-electron chi connectivity index (χ1n) is 7.28. The van der Waals surface area contributed by atoms with Crippen molar-refractivity contribution in [2.45, 2.75) is 26.4 Å². The van der Waals surface area contributed by atoms with Crippen molar-refractivity contribution < 1.29 is 19.1 Å². The maximum atomic E-state index is 12.8. The number of carbonyl (C=O) groups is 2. The first-order valence-corrected chi connectivity index (χ1v) is 7.28. The number of Topliss-reactive ketones (excluding diaryl/α,β-unsaturated/α-hetero) is 1. The van der Waals surface area contributed by atoms with Gasteiger partial charge in [0.15, 0.2) is 5.78 Å². The number of aliphatic hydroxyl groups excluding tert-OH is 1. The van der Waals surface area contributed by atoms with E-state index in [1.165, 1.54) is 24.3 Å². The number of anilines is 1. The van der Waals surface area contributed by atoms with E-state index in [2.05, 4.69) is 5.32 Å². The normalized spacial score (nSPS) is 10.4. The summed E-state index contributed by atoms with van der Waals surface area (Å²) in [6.45, 7) is 1.74. The molecule has 2 N–H and O–H groups in total. The molecule has 2 aromatic carbocycles. The minimum absolute atomic E-state index is 0.0407. The molecule has 0 radical (unpaired) electrons. The van der Waals surface area contributed by atoms with E-state index in [9.17, 15) is 14.0 Å². The number of carbonyl (C=O) groups excluding carboxylic acids is 2. The van der Waals surface area contributed by atoms with E-state index in [1.54, 1.807) is 12.1 Å². The summed E-state index contributed by atoms with van der Waals surface area (Å²) >= 11 is 0. The van der Waals surface area contributed by atoms with Crippen LogP contribution in [0.3, 0.4) is 0 Å². The molecule has 0 aliphatic heterocycles. The second-order valence-electron chi connectivity index (χ2n) is 5.29. The van der Waals surface area contributed by atoms with Crippen molar-refractivity contribution in [3.8, 4) is 0 Å². The van der Waals surface area contributed by atoms with Crippen LogP contribution in [0.25, 0.3) is 0 Å². The third kappa shape index (κ3) is 4.72. The number of benzene rings is 2. The Labute approximate surface area is 134 Å². The summed E-state index contributed by atoms with van der Waals surface area (Å²) in [5.41, 5.74) is 2.59. The van der Waals surface area contributed by atoms with Gasteiger partial charge in [0.1, 0.15) is 5.82 Å². The molecule has 2 aromatic rings. The molecule has 120 valence electrons. The van der Waals surface area contributed by atoms with E-state index in [-0.39, 0.29) is 31.1 Å². The first-order chi connectivity index (χ1) is 11.0. The van der Waals surface area contributed by atoms with Crippen LogP contribution in [0.2, 0.25) is 0 Å².